The first-order valence-electron chi connectivity index (χ1n) is 7.69. The third-order valence-electron chi connectivity index (χ3n) is 3.69. The van der Waals surface area contributed by atoms with Crippen LogP contribution in [0, 0.1) is 10.1 Å². The largest absolute Gasteiger partial charge is 0.383 e. The molecule has 8 heteroatoms. The molecule has 0 aliphatic carbocycles. The van der Waals surface area contributed by atoms with Crippen LogP contribution in [0.4, 0.5) is 11.4 Å². The fourth-order valence-electron chi connectivity index (χ4n) is 2.58. The van der Waals surface area contributed by atoms with Crippen molar-refractivity contribution in [2.45, 2.75) is 0 Å². The summed E-state index contributed by atoms with van der Waals surface area (Å²) in [6.07, 6.45) is 1.60. The van der Waals surface area contributed by atoms with Gasteiger partial charge in [-0.05, 0) is 30.3 Å². The molecule has 0 saturated heterocycles. The summed E-state index contributed by atoms with van der Waals surface area (Å²) in [6, 6.07) is 12.9. The van der Waals surface area contributed by atoms with E-state index < -0.39 is 4.92 Å². The van der Waals surface area contributed by atoms with Crippen molar-refractivity contribution < 1.29 is 9.72 Å². The zero-order chi connectivity index (χ0) is 18.8. The van der Waals surface area contributed by atoms with Crippen molar-refractivity contribution in [3.05, 3.63) is 81.0 Å². The maximum absolute atomic E-state index is 12.9. The molecule has 2 aromatic rings. The van der Waals surface area contributed by atoms with Crippen LogP contribution in [0.15, 0.2) is 65.4 Å². The van der Waals surface area contributed by atoms with E-state index in [1.807, 2.05) is 0 Å². The minimum Gasteiger partial charge on any atom is -0.383 e. The van der Waals surface area contributed by atoms with E-state index in [1.54, 1.807) is 67.7 Å². The van der Waals surface area contributed by atoms with E-state index in [0.29, 0.717) is 10.7 Å². The van der Waals surface area contributed by atoms with Gasteiger partial charge in [0, 0.05) is 31.4 Å². The first-order valence-corrected chi connectivity index (χ1v) is 8.07. The molecule has 132 valence electrons. The SMILES string of the molecule is CN(C)C=C1C(=O)N(c2ccc(Cl)cc2)N=C1c1ccccc1[N+](=O)[O-]. The van der Waals surface area contributed by atoms with Crippen LogP contribution >= 0.6 is 11.6 Å². The van der Waals surface area contributed by atoms with Crippen molar-refractivity contribution in [3.63, 3.8) is 0 Å². The predicted molar refractivity (Wildman–Crippen MR) is 100 cm³/mol. The van der Waals surface area contributed by atoms with E-state index in [2.05, 4.69) is 5.10 Å². The molecule has 3 rings (SSSR count). The van der Waals surface area contributed by atoms with Gasteiger partial charge in [-0.3, -0.25) is 14.9 Å². The third kappa shape index (κ3) is 3.29. The maximum Gasteiger partial charge on any atom is 0.282 e. The summed E-state index contributed by atoms with van der Waals surface area (Å²) >= 11 is 5.90. The van der Waals surface area contributed by atoms with Crippen molar-refractivity contribution >= 4 is 34.6 Å². The highest BCUT2D eigenvalue weighted by Gasteiger charge is 2.35. The molecule has 1 amide bonds. The Bertz CT molecular complexity index is 936. The van der Waals surface area contributed by atoms with Crippen molar-refractivity contribution in [1.29, 1.82) is 0 Å². The van der Waals surface area contributed by atoms with Crippen LogP contribution in [0.1, 0.15) is 5.56 Å². The van der Waals surface area contributed by atoms with Crippen LogP contribution in [-0.2, 0) is 4.79 Å². The Morgan fingerprint density at radius 3 is 2.42 bits per heavy atom. The number of carbonyl (C=O) groups excluding carboxylic acids is 1. The Morgan fingerprint density at radius 2 is 1.81 bits per heavy atom. The number of hydrazone groups is 1. The first-order chi connectivity index (χ1) is 12.4. The van der Waals surface area contributed by atoms with E-state index in [1.165, 1.54) is 11.1 Å². The highest BCUT2D eigenvalue weighted by atomic mass is 35.5. The number of rotatable bonds is 4. The number of benzene rings is 2. The van der Waals surface area contributed by atoms with Gasteiger partial charge in [0.1, 0.15) is 5.71 Å². The van der Waals surface area contributed by atoms with Gasteiger partial charge >= 0.3 is 0 Å². The van der Waals surface area contributed by atoms with Gasteiger partial charge < -0.3 is 4.90 Å². The fourth-order valence-corrected chi connectivity index (χ4v) is 2.70. The fraction of sp³-hybridized carbons (Fsp3) is 0.111. The standard InChI is InChI=1S/C18H15ClN4O3/c1-21(2)11-15-17(14-5-3-4-6-16(14)23(25)26)20-22(18(15)24)13-9-7-12(19)8-10-13/h3-11H,1-2H3. The van der Waals surface area contributed by atoms with Gasteiger partial charge in [0.05, 0.1) is 21.7 Å². The summed E-state index contributed by atoms with van der Waals surface area (Å²) in [7, 11) is 3.53. The maximum atomic E-state index is 12.9. The second kappa shape index (κ2) is 6.97. The summed E-state index contributed by atoms with van der Waals surface area (Å²) in [4.78, 5) is 25.5. The Labute approximate surface area is 154 Å². The molecule has 0 unspecified atom stereocenters. The molecular formula is C18H15ClN4O3. The molecule has 0 N–H and O–H groups in total. The number of nitrogens with zero attached hydrogens (tertiary/aromatic N) is 4. The van der Waals surface area contributed by atoms with Crippen LogP contribution in [0.2, 0.25) is 5.02 Å². The van der Waals surface area contributed by atoms with Gasteiger partial charge in [-0.15, -0.1) is 0 Å². The Kier molecular flexibility index (Phi) is 4.73. The molecule has 1 heterocycles. The topological polar surface area (TPSA) is 79.0 Å². The number of halogens is 1. The monoisotopic (exact) mass is 370 g/mol. The van der Waals surface area contributed by atoms with Crippen molar-refractivity contribution in [3.8, 4) is 0 Å². The predicted octanol–water partition coefficient (Wildman–Crippen LogP) is 3.44. The summed E-state index contributed by atoms with van der Waals surface area (Å²) in [5.74, 6) is -0.367. The quantitative estimate of drug-likeness (QED) is 0.469. The zero-order valence-corrected chi connectivity index (χ0v) is 14.8. The van der Waals surface area contributed by atoms with Crippen LogP contribution < -0.4 is 5.01 Å². The lowest BCUT2D eigenvalue weighted by molar-refractivity contribution is -0.385. The highest BCUT2D eigenvalue weighted by molar-refractivity contribution is 6.36. The summed E-state index contributed by atoms with van der Waals surface area (Å²) in [5, 5.41) is 17.5. The van der Waals surface area contributed by atoms with Gasteiger partial charge in [-0.25, -0.2) is 0 Å². The Balaban J connectivity index is 2.16. The van der Waals surface area contributed by atoms with Crippen LogP contribution in [0.5, 0.6) is 0 Å². The van der Waals surface area contributed by atoms with Crippen LogP contribution in [-0.4, -0.2) is 35.5 Å². The minimum atomic E-state index is -0.486. The molecular weight excluding hydrogens is 356 g/mol. The van der Waals surface area contributed by atoms with E-state index >= 15 is 0 Å². The molecule has 0 saturated carbocycles. The van der Waals surface area contributed by atoms with Gasteiger partial charge in [0.15, 0.2) is 0 Å². The lowest BCUT2D eigenvalue weighted by atomic mass is 10.0. The van der Waals surface area contributed by atoms with Crippen LogP contribution in [0.25, 0.3) is 0 Å². The molecule has 0 spiro atoms. The molecule has 7 nitrogen and oxygen atoms in total. The smallest absolute Gasteiger partial charge is 0.282 e. The summed E-state index contributed by atoms with van der Waals surface area (Å²) in [5.41, 5.74) is 1.24. The second-order valence-electron chi connectivity index (χ2n) is 5.82. The minimum absolute atomic E-state index is 0.110. The average molecular weight is 371 g/mol. The number of hydrogen-bond donors (Lipinski definition) is 0. The number of anilines is 1. The van der Waals surface area contributed by atoms with E-state index in [9.17, 15) is 14.9 Å². The second-order valence-corrected chi connectivity index (χ2v) is 6.26. The summed E-state index contributed by atoms with van der Waals surface area (Å²) < 4.78 is 0. The summed E-state index contributed by atoms with van der Waals surface area (Å²) in [6.45, 7) is 0. The molecule has 0 bridgehead atoms. The molecule has 2 aromatic carbocycles. The Hall–Kier alpha value is -3.19. The molecule has 0 atom stereocenters. The molecule has 0 fully saturated rings. The number of para-hydroxylation sites is 1. The van der Waals surface area contributed by atoms with Gasteiger partial charge in [-0.1, -0.05) is 23.7 Å². The molecule has 1 aliphatic rings. The normalized spacial score (nSPS) is 15.3. The highest BCUT2D eigenvalue weighted by Crippen LogP contribution is 2.30. The number of amides is 1. The van der Waals surface area contributed by atoms with Gasteiger partial charge in [0.25, 0.3) is 11.6 Å². The average Bonchev–Trinajstić information content (AvgIpc) is 2.92. The molecule has 1 aliphatic heterocycles. The van der Waals surface area contributed by atoms with Crippen molar-refractivity contribution in [2.75, 3.05) is 19.1 Å². The van der Waals surface area contributed by atoms with Crippen LogP contribution in [0.3, 0.4) is 0 Å². The number of hydrogen-bond acceptors (Lipinski definition) is 5. The lowest BCUT2D eigenvalue weighted by Gasteiger charge is -2.12. The number of nitro groups is 1. The molecule has 0 aromatic heterocycles. The van der Waals surface area contributed by atoms with Gasteiger partial charge in [-0.2, -0.15) is 10.1 Å². The van der Waals surface area contributed by atoms with Gasteiger partial charge in [0.2, 0.25) is 0 Å². The first kappa shape index (κ1) is 17.6. The van der Waals surface area contributed by atoms with Crippen molar-refractivity contribution in [2.24, 2.45) is 5.10 Å². The molecule has 0 radical (unpaired) electrons. The zero-order valence-electron chi connectivity index (χ0n) is 14.1. The number of nitro benzene ring substituents is 1. The Morgan fingerprint density at radius 1 is 1.15 bits per heavy atom. The number of carbonyl (C=O) groups is 1. The van der Waals surface area contributed by atoms with E-state index in [4.69, 9.17) is 11.6 Å². The lowest BCUT2D eigenvalue weighted by Crippen LogP contribution is -2.22. The molecule has 26 heavy (non-hydrogen) atoms. The van der Waals surface area contributed by atoms with E-state index in [-0.39, 0.29) is 28.4 Å². The third-order valence-corrected chi connectivity index (χ3v) is 3.94. The van der Waals surface area contributed by atoms with E-state index in [0.717, 1.165) is 0 Å². The van der Waals surface area contributed by atoms with Crippen molar-refractivity contribution in [1.82, 2.24) is 4.90 Å².